The molecule has 1 amide bonds. The van der Waals surface area contributed by atoms with E-state index in [0.717, 1.165) is 38.6 Å². The van der Waals surface area contributed by atoms with Gasteiger partial charge in [-0.15, -0.1) is 11.3 Å². The zero-order valence-corrected chi connectivity index (χ0v) is 12.3. The average Bonchev–Trinajstić information content (AvgIpc) is 2.88. The first-order valence-corrected chi connectivity index (χ1v) is 8.25. The highest BCUT2D eigenvalue weighted by atomic mass is 32.1. The summed E-state index contributed by atoms with van der Waals surface area (Å²) >= 11 is 1.82. The number of carbonyl (C=O) groups is 1. The summed E-state index contributed by atoms with van der Waals surface area (Å²) in [5.41, 5.74) is 6.81. The van der Waals surface area contributed by atoms with Crippen LogP contribution in [0.4, 0.5) is 0 Å². The van der Waals surface area contributed by atoms with Gasteiger partial charge in [-0.25, -0.2) is 0 Å². The summed E-state index contributed by atoms with van der Waals surface area (Å²) < 4.78 is 0. The maximum absolute atomic E-state index is 11.9. The topological polar surface area (TPSA) is 55.1 Å². The summed E-state index contributed by atoms with van der Waals surface area (Å²) in [7, 11) is 0. The van der Waals surface area contributed by atoms with E-state index in [4.69, 9.17) is 5.73 Å². The molecule has 2 rings (SSSR count). The molecule has 3 N–H and O–H groups in total. The van der Waals surface area contributed by atoms with Crippen LogP contribution in [-0.2, 0) is 11.2 Å². The van der Waals surface area contributed by atoms with Gasteiger partial charge in [-0.3, -0.25) is 4.79 Å². The number of nitrogens with one attached hydrogen (secondary N) is 1. The molecular formula is C15H24N2OS. The molecule has 1 unspecified atom stereocenters. The third-order valence-electron chi connectivity index (χ3n) is 3.75. The van der Waals surface area contributed by atoms with Crippen LogP contribution in [0.2, 0.25) is 0 Å². The van der Waals surface area contributed by atoms with E-state index in [1.165, 1.54) is 23.3 Å². The van der Waals surface area contributed by atoms with Crippen LogP contribution in [0, 0.1) is 0 Å². The molecule has 3 nitrogen and oxygen atoms in total. The van der Waals surface area contributed by atoms with Crippen LogP contribution in [0.15, 0.2) is 11.4 Å². The maximum Gasteiger partial charge on any atom is 0.220 e. The molecular weight excluding hydrogens is 256 g/mol. The first-order valence-electron chi connectivity index (χ1n) is 7.37. The molecule has 1 aliphatic rings. The smallest absolute Gasteiger partial charge is 0.220 e. The highest BCUT2D eigenvalue weighted by molar-refractivity contribution is 7.10. The lowest BCUT2D eigenvalue weighted by Gasteiger charge is -2.23. The van der Waals surface area contributed by atoms with Gasteiger partial charge in [-0.2, -0.15) is 0 Å². The van der Waals surface area contributed by atoms with Crippen LogP contribution < -0.4 is 11.1 Å². The summed E-state index contributed by atoms with van der Waals surface area (Å²) in [6, 6.07) is 2.43. The molecule has 4 heteroatoms. The minimum atomic E-state index is 0.205. The fourth-order valence-electron chi connectivity index (χ4n) is 2.69. The number of unbranched alkanes of at least 4 members (excludes halogenated alkanes) is 3. The standard InChI is InChI=1S/C15H24N2OS/c16-10-4-2-1-3-8-15(18)17-13-6-5-7-14-12(13)9-11-19-14/h9,11,13H,1-8,10,16H2,(H,17,18). The Hall–Kier alpha value is -0.870. The average molecular weight is 280 g/mol. The summed E-state index contributed by atoms with van der Waals surface area (Å²) in [6.07, 6.45) is 8.41. The number of hydrogen-bond donors (Lipinski definition) is 2. The molecule has 19 heavy (non-hydrogen) atoms. The predicted octanol–water partition coefficient (Wildman–Crippen LogP) is 3.15. The molecule has 1 aliphatic carbocycles. The van der Waals surface area contributed by atoms with Crippen molar-refractivity contribution in [2.75, 3.05) is 6.54 Å². The fraction of sp³-hybridized carbons (Fsp3) is 0.667. The minimum Gasteiger partial charge on any atom is -0.349 e. The Morgan fingerprint density at radius 3 is 3.05 bits per heavy atom. The third kappa shape index (κ3) is 4.32. The monoisotopic (exact) mass is 280 g/mol. The zero-order chi connectivity index (χ0) is 13.5. The molecule has 0 saturated carbocycles. The molecule has 1 aromatic heterocycles. The Balaban J connectivity index is 1.72. The van der Waals surface area contributed by atoms with Crippen molar-refractivity contribution in [1.82, 2.24) is 5.32 Å². The maximum atomic E-state index is 11.9. The molecule has 0 bridgehead atoms. The molecule has 106 valence electrons. The Bertz CT molecular complexity index is 403. The molecule has 0 aromatic carbocycles. The van der Waals surface area contributed by atoms with Gasteiger partial charge in [-0.1, -0.05) is 12.8 Å². The Morgan fingerprint density at radius 1 is 1.37 bits per heavy atom. The first-order chi connectivity index (χ1) is 9.31. The molecule has 0 aliphatic heterocycles. The highest BCUT2D eigenvalue weighted by Crippen LogP contribution is 2.33. The van der Waals surface area contributed by atoms with Crippen LogP contribution in [0.5, 0.6) is 0 Å². The lowest BCUT2D eigenvalue weighted by molar-refractivity contribution is -0.122. The Morgan fingerprint density at radius 2 is 2.21 bits per heavy atom. The van der Waals surface area contributed by atoms with Crippen LogP contribution in [0.1, 0.15) is 61.4 Å². The van der Waals surface area contributed by atoms with Crippen molar-refractivity contribution < 1.29 is 4.79 Å². The number of rotatable bonds is 7. The quantitative estimate of drug-likeness (QED) is 0.754. The van der Waals surface area contributed by atoms with Crippen LogP contribution in [0.25, 0.3) is 0 Å². The van der Waals surface area contributed by atoms with E-state index in [9.17, 15) is 4.79 Å². The van der Waals surface area contributed by atoms with Gasteiger partial charge >= 0.3 is 0 Å². The van der Waals surface area contributed by atoms with Crippen molar-refractivity contribution in [3.8, 4) is 0 Å². The molecule has 0 fully saturated rings. The Kier molecular flexibility index (Phi) is 5.86. The van der Waals surface area contributed by atoms with E-state index in [1.807, 2.05) is 11.3 Å². The second kappa shape index (κ2) is 7.65. The normalized spacial score (nSPS) is 18.1. The molecule has 0 saturated heterocycles. The summed E-state index contributed by atoms with van der Waals surface area (Å²) in [4.78, 5) is 13.4. The first kappa shape index (κ1) is 14.5. The lowest BCUT2D eigenvalue weighted by Crippen LogP contribution is -2.30. The SMILES string of the molecule is NCCCCCCC(=O)NC1CCCc2sccc21. The molecule has 1 atom stereocenters. The van der Waals surface area contributed by atoms with Crippen molar-refractivity contribution in [2.45, 2.75) is 57.4 Å². The molecule has 1 aromatic rings. The van der Waals surface area contributed by atoms with E-state index in [0.29, 0.717) is 6.42 Å². The van der Waals surface area contributed by atoms with Crippen molar-refractivity contribution in [2.24, 2.45) is 5.73 Å². The minimum absolute atomic E-state index is 0.205. The molecule has 1 heterocycles. The predicted molar refractivity (Wildman–Crippen MR) is 80.3 cm³/mol. The van der Waals surface area contributed by atoms with Gasteiger partial charge in [0.25, 0.3) is 0 Å². The zero-order valence-electron chi connectivity index (χ0n) is 11.5. The van der Waals surface area contributed by atoms with Gasteiger partial charge in [0.15, 0.2) is 0 Å². The summed E-state index contributed by atoms with van der Waals surface area (Å²) in [5.74, 6) is 0.205. The van der Waals surface area contributed by atoms with Gasteiger partial charge in [0.1, 0.15) is 0 Å². The van der Waals surface area contributed by atoms with Crippen LogP contribution >= 0.6 is 11.3 Å². The van der Waals surface area contributed by atoms with Gasteiger partial charge in [-0.05, 0) is 55.7 Å². The van der Waals surface area contributed by atoms with Gasteiger partial charge in [0, 0.05) is 11.3 Å². The fourth-order valence-corrected chi connectivity index (χ4v) is 3.67. The number of amides is 1. The highest BCUT2D eigenvalue weighted by Gasteiger charge is 2.22. The molecule has 0 radical (unpaired) electrons. The number of thiophene rings is 1. The van der Waals surface area contributed by atoms with Crippen molar-refractivity contribution in [1.29, 1.82) is 0 Å². The second-order valence-corrected chi connectivity index (χ2v) is 6.27. The van der Waals surface area contributed by atoms with Crippen LogP contribution in [-0.4, -0.2) is 12.5 Å². The van der Waals surface area contributed by atoms with E-state index in [1.54, 1.807) is 0 Å². The van der Waals surface area contributed by atoms with Crippen molar-refractivity contribution in [3.05, 3.63) is 21.9 Å². The number of carbonyl (C=O) groups excluding carboxylic acids is 1. The number of aryl methyl sites for hydroxylation is 1. The van der Waals surface area contributed by atoms with Crippen molar-refractivity contribution >= 4 is 17.2 Å². The number of hydrogen-bond acceptors (Lipinski definition) is 3. The van der Waals surface area contributed by atoms with E-state index >= 15 is 0 Å². The Labute approximate surface area is 119 Å². The third-order valence-corrected chi connectivity index (χ3v) is 4.74. The summed E-state index contributed by atoms with van der Waals surface area (Å²) in [6.45, 7) is 0.759. The van der Waals surface area contributed by atoms with Gasteiger partial charge < -0.3 is 11.1 Å². The van der Waals surface area contributed by atoms with E-state index < -0.39 is 0 Å². The summed E-state index contributed by atoms with van der Waals surface area (Å²) in [5, 5.41) is 5.34. The largest absolute Gasteiger partial charge is 0.349 e. The number of nitrogens with two attached hydrogens (primary N) is 1. The van der Waals surface area contributed by atoms with Crippen molar-refractivity contribution in [3.63, 3.8) is 0 Å². The van der Waals surface area contributed by atoms with E-state index in [-0.39, 0.29) is 11.9 Å². The van der Waals surface area contributed by atoms with E-state index in [2.05, 4.69) is 16.8 Å². The number of fused-ring (bicyclic) bond motifs is 1. The van der Waals surface area contributed by atoms with Gasteiger partial charge in [0.05, 0.1) is 6.04 Å². The van der Waals surface area contributed by atoms with Crippen LogP contribution in [0.3, 0.4) is 0 Å². The molecule has 0 spiro atoms. The second-order valence-electron chi connectivity index (χ2n) is 5.26. The lowest BCUT2D eigenvalue weighted by atomic mass is 9.94. The van der Waals surface area contributed by atoms with Gasteiger partial charge in [0.2, 0.25) is 5.91 Å².